The standard InChI is InChI=1S/C20H14N4O2S/c1-23-9-8-13-10-14(6-7-16(13)23)19-15-4-2-3-5-17(15)24(22-19)20-21-18(11-27-20)26-12-25/h2-12H,1H3. The van der Waals surface area contributed by atoms with Crippen LogP contribution in [-0.2, 0) is 11.8 Å². The third kappa shape index (κ3) is 2.51. The molecule has 5 rings (SSSR count). The minimum absolute atomic E-state index is 0.275. The molecule has 0 unspecified atom stereocenters. The van der Waals surface area contributed by atoms with Crippen LogP contribution in [0, 0.1) is 0 Å². The molecule has 27 heavy (non-hydrogen) atoms. The molecule has 0 bridgehead atoms. The second-order valence-corrected chi connectivity index (χ2v) is 7.00. The highest BCUT2D eigenvalue weighted by molar-refractivity contribution is 7.12. The summed E-state index contributed by atoms with van der Waals surface area (Å²) in [5, 5.41) is 9.38. The number of ether oxygens (including phenoxy) is 1. The van der Waals surface area contributed by atoms with Crippen LogP contribution in [0.25, 0.3) is 38.2 Å². The Morgan fingerprint density at radius 3 is 2.89 bits per heavy atom. The van der Waals surface area contributed by atoms with E-state index in [1.807, 2.05) is 25.2 Å². The Hall–Kier alpha value is -3.45. The van der Waals surface area contributed by atoms with Gasteiger partial charge in [-0.25, -0.2) is 4.68 Å². The van der Waals surface area contributed by atoms with Gasteiger partial charge in [0.2, 0.25) is 11.0 Å². The lowest BCUT2D eigenvalue weighted by Crippen LogP contribution is -1.96. The largest absolute Gasteiger partial charge is 0.409 e. The smallest absolute Gasteiger partial charge is 0.299 e. The Morgan fingerprint density at radius 2 is 2.00 bits per heavy atom. The van der Waals surface area contributed by atoms with Gasteiger partial charge in [-0.05, 0) is 24.3 Å². The highest BCUT2D eigenvalue weighted by atomic mass is 32.1. The Morgan fingerprint density at radius 1 is 1.11 bits per heavy atom. The van der Waals surface area contributed by atoms with Crippen molar-refractivity contribution in [2.24, 2.45) is 7.05 Å². The van der Waals surface area contributed by atoms with Gasteiger partial charge in [-0.2, -0.15) is 10.1 Å². The van der Waals surface area contributed by atoms with Crippen LogP contribution in [-0.4, -0.2) is 25.8 Å². The van der Waals surface area contributed by atoms with Gasteiger partial charge >= 0.3 is 0 Å². The van der Waals surface area contributed by atoms with Crippen LogP contribution >= 0.6 is 11.3 Å². The van der Waals surface area contributed by atoms with Crippen molar-refractivity contribution < 1.29 is 9.53 Å². The first-order valence-electron chi connectivity index (χ1n) is 8.34. The Balaban J connectivity index is 1.71. The van der Waals surface area contributed by atoms with Gasteiger partial charge in [0.25, 0.3) is 6.47 Å². The number of nitrogens with zero attached hydrogens (tertiary/aromatic N) is 4. The highest BCUT2D eigenvalue weighted by Crippen LogP contribution is 2.33. The number of hydrogen-bond acceptors (Lipinski definition) is 5. The van der Waals surface area contributed by atoms with Crippen LogP contribution < -0.4 is 4.74 Å². The highest BCUT2D eigenvalue weighted by Gasteiger charge is 2.16. The van der Waals surface area contributed by atoms with Crippen LogP contribution in [0.2, 0.25) is 0 Å². The predicted molar refractivity (Wildman–Crippen MR) is 105 cm³/mol. The van der Waals surface area contributed by atoms with Gasteiger partial charge in [0.1, 0.15) is 5.69 Å². The van der Waals surface area contributed by atoms with Gasteiger partial charge in [0.05, 0.1) is 10.9 Å². The fraction of sp³-hybridized carbons (Fsp3) is 0.0500. The van der Waals surface area contributed by atoms with Crippen molar-refractivity contribution in [3.05, 3.63) is 60.1 Å². The zero-order valence-electron chi connectivity index (χ0n) is 14.4. The molecule has 6 nitrogen and oxygen atoms in total. The summed E-state index contributed by atoms with van der Waals surface area (Å²) in [5.74, 6) is 0.275. The zero-order chi connectivity index (χ0) is 18.4. The summed E-state index contributed by atoms with van der Waals surface area (Å²) in [6, 6.07) is 16.5. The average molecular weight is 374 g/mol. The number of rotatable bonds is 4. The van der Waals surface area contributed by atoms with E-state index >= 15 is 0 Å². The van der Waals surface area contributed by atoms with Crippen molar-refractivity contribution in [3.63, 3.8) is 0 Å². The van der Waals surface area contributed by atoms with Crippen LogP contribution in [0.4, 0.5) is 0 Å². The predicted octanol–water partition coefficient (Wildman–Crippen LogP) is 4.18. The molecule has 0 fully saturated rings. The Kier molecular flexibility index (Phi) is 3.54. The summed E-state index contributed by atoms with van der Waals surface area (Å²) >= 11 is 1.37. The average Bonchev–Trinajstić information content (AvgIpc) is 3.39. The zero-order valence-corrected chi connectivity index (χ0v) is 15.2. The van der Waals surface area contributed by atoms with Crippen LogP contribution in [0.3, 0.4) is 0 Å². The van der Waals surface area contributed by atoms with Crippen molar-refractivity contribution in [1.82, 2.24) is 19.3 Å². The number of carbonyl (C=O) groups is 1. The topological polar surface area (TPSA) is 61.9 Å². The van der Waals surface area contributed by atoms with Crippen molar-refractivity contribution in [3.8, 4) is 22.3 Å². The number of thiazole rings is 1. The normalized spacial score (nSPS) is 11.3. The van der Waals surface area contributed by atoms with E-state index in [-0.39, 0.29) is 5.88 Å². The second kappa shape index (κ2) is 6.07. The fourth-order valence-electron chi connectivity index (χ4n) is 3.31. The maximum absolute atomic E-state index is 10.5. The third-order valence-electron chi connectivity index (χ3n) is 4.57. The molecule has 0 amide bonds. The number of benzene rings is 2. The van der Waals surface area contributed by atoms with Gasteiger partial charge in [-0.3, -0.25) is 4.79 Å². The Labute approximate surface area is 158 Å². The number of carbonyl (C=O) groups excluding carboxylic acids is 1. The Bertz CT molecular complexity index is 1300. The monoisotopic (exact) mass is 374 g/mol. The minimum atomic E-state index is 0.275. The maximum Gasteiger partial charge on any atom is 0.299 e. The van der Waals surface area contributed by atoms with E-state index in [1.165, 1.54) is 22.2 Å². The number of fused-ring (bicyclic) bond motifs is 2. The molecule has 0 spiro atoms. The molecule has 0 N–H and O–H groups in total. The summed E-state index contributed by atoms with van der Waals surface area (Å²) in [7, 11) is 2.04. The first-order valence-corrected chi connectivity index (χ1v) is 9.22. The molecular weight excluding hydrogens is 360 g/mol. The van der Waals surface area contributed by atoms with Gasteiger partial charge < -0.3 is 9.30 Å². The molecular formula is C20H14N4O2S. The molecule has 5 aromatic rings. The first kappa shape index (κ1) is 15.8. The summed E-state index contributed by atoms with van der Waals surface area (Å²) < 4.78 is 8.73. The van der Waals surface area contributed by atoms with Crippen LogP contribution in [0.1, 0.15) is 0 Å². The van der Waals surface area contributed by atoms with E-state index in [0.29, 0.717) is 11.6 Å². The van der Waals surface area contributed by atoms with Crippen molar-refractivity contribution in [1.29, 1.82) is 0 Å². The van der Waals surface area contributed by atoms with Gasteiger partial charge in [-0.1, -0.05) is 35.6 Å². The van der Waals surface area contributed by atoms with E-state index in [0.717, 1.165) is 22.2 Å². The molecule has 0 radical (unpaired) electrons. The summed E-state index contributed by atoms with van der Waals surface area (Å²) in [6.07, 6.45) is 2.05. The maximum atomic E-state index is 10.5. The number of para-hydroxylation sites is 1. The van der Waals surface area contributed by atoms with Gasteiger partial charge in [0, 0.05) is 35.1 Å². The SMILES string of the molecule is Cn1ccc2cc(-c3nn(-c4nc(OC=O)cs4)c4ccccc34)ccc21. The van der Waals surface area contributed by atoms with Crippen molar-refractivity contribution in [2.45, 2.75) is 0 Å². The third-order valence-corrected chi connectivity index (χ3v) is 5.36. The van der Waals surface area contributed by atoms with Crippen LogP contribution in [0.5, 0.6) is 5.88 Å². The quantitative estimate of drug-likeness (QED) is 0.443. The van der Waals surface area contributed by atoms with Gasteiger partial charge in [0.15, 0.2) is 0 Å². The molecule has 7 heteroatoms. The molecule has 0 aliphatic heterocycles. The first-order chi connectivity index (χ1) is 13.2. The molecule has 2 aromatic carbocycles. The summed E-state index contributed by atoms with van der Waals surface area (Å²) in [6.45, 7) is 0.376. The fourth-order valence-corrected chi connectivity index (χ4v) is 4.00. The van der Waals surface area contributed by atoms with Gasteiger partial charge in [-0.15, -0.1) is 0 Å². The summed E-state index contributed by atoms with van der Waals surface area (Å²) in [5.41, 5.74) is 4.07. The number of hydrogen-bond donors (Lipinski definition) is 0. The van der Waals surface area contributed by atoms with E-state index < -0.39 is 0 Å². The molecule has 132 valence electrons. The van der Waals surface area contributed by atoms with E-state index in [9.17, 15) is 4.79 Å². The van der Waals surface area contributed by atoms with Crippen molar-refractivity contribution >= 4 is 39.6 Å². The summed E-state index contributed by atoms with van der Waals surface area (Å²) in [4.78, 5) is 14.9. The second-order valence-electron chi connectivity index (χ2n) is 6.16. The van der Waals surface area contributed by atoms with Crippen LogP contribution in [0.15, 0.2) is 60.1 Å². The number of aryl methyl sites for hydroxylation is 1. The van der Waals surface area contributed by atoms with E-state index in [1.54, 1.807) is 10.1 Å². The lowest BCUT2D eigenvalue weighted by atomic mass is 10.1. The molecule has 0 aliphatic rings. The lowest BCUT2D eigenvalue weighted by molar-refractivity contribution is -0.120. The molecule has 3 heterocycles. The minimum Gasteiger partial charge on any atom is -0.409 e. The van der Waals surface area contributed by atoms with E-state index in [2.05, 4.69) is 46.1 Å². The molecule has 0 saturated carbocycles. The number of aromatic nitrogens is 4. The molecule has 0 saturated heterocycles. The van der Waals surface area contributed by atoms with E-state index in [4.69, 9.17) is 9.84 Å². The lowest BCUT2D eigenvalue weighted by Gasteiger charge is -2.00. The molecule has 3 aromatic heterocycles. The van der Waals surface area contributed by atoms with Crippen molar-refractivity contribution in [2.75, 3.05) is 0 Å². The molecule has 0 aliphatic carbocycles. The molecule has 0 atom stereocenters.